The van der Waals surface area contributed by atoms with Gasteiger partial charge in [-0.1, -0.05) is 12.6 Å². The second kappa shape index (κ2) is 4.99. The maximum absolute atomic E-state index is 7.99. The Morgan fingerprint density at radius 1 is 1.75 bits per heavy atom. The predicted molar refractivity (Wildman–Crippen MR) is 29.1 cm³/mol. The third-order valence-electron chi connectivity index (χ3n) is 0.888. The van der Waals surface area contributed by atoms with Gasteiger partial charge in [-0.25, -0.2) is 0 Å². The van der Waals surface area contributed by atoms with E-state index in [4.69, 9.17) is 5.21 Å². The Labute approximate surface area is 48.7 Å². The molecule has 1 atom stereocenters. The van der Waals surface area contributed by atoms with Crippen molar-refractivity contribution in [2.45, 2.75) is 19.6 Å². The van der Waals surface area contributed by atoms with Gasteiger partial charge in [0.2, 0.25) is 0 Å². The predicted octanol–water partition coefficient (Wildman–Crippen LogP) is -0.148. The van der Waals surface area contributed by atoms with Gasteiger partial charge in [-0.2, -0.15) is 0 Å². The topological polar surface area (TPSA) is 53.5 Å². The van der Waals surface area contributed by atoms with Gasteiger partial charge in [0.05, 0.1) is 0 Å². The summed E-state index contributed by atoms with van der Waals surface area (Å²) in [5, 5.41) is 10.8. The first-order valence-electron chi connectivity index (χ1n) is 2.57. The Bertz CT molecular complexity index is 47.3. The van der Waals surface area contributed by atoms with E-state index in [1.807, 2.05) is 6.92 Å². The SMILES string of the molecule is CCC(NC)ONO. The highest BCUT2D eigenvalue weighted by Crippen LogP contribution is 1.86. The summed E-state index contributed by atoms with van der Waals surface area (Å²) in [4.78, 5) is 4.53. The van der Waals surface area contributed by atoms with Crippen molar-refractivity contribution in [2.75, 3.05) is 7.05 Å². The molecule has 8 heavy (non-hydrogen) atoms. The molecule has 0 fully saturated rings. The van der Waals surface area contributed by atoms with Crippen molar-refractivity contribution < 1.29 is 10.0 Å². The van der Waals surface area contributed by atoms with E-state index in [0.29, 0.717) is 0 Å². The molecular weight excluding hydrogens is 108 g/mol. The van der Waals surface area contributed by atoms with Crippen LogP contribution in [-0.4, -0.2) is 18.5 Å². The molecule has 0 aromatic rings. The van der Waals surface area contributed by atoms with Crippen LogP contribution in [-0.2, 0) is 4.84 Å². The molecule has 1 unspecified atom stereocenters. The average Bonchev–Trinajstić information content (AvgIpc) is 1.83. The largest absolute Gasteiger partial charge is 0.293 e. The van der Waals surface area contributed by atoms with Crippen LogP contribution in [0.1, 0.15) is 13.3 Å². The fraction of sp³-hybridized carbons (Fsp3) is 1.00. The third-order valence-corrected chi connectivity index (χ3v) is 0.888. The summed E-state index contributed by atoms with van der Waals surface area (Å²) in [6, 6.07) is 0. The van der Waals surface area contributed by atoms with Crippen molar-refractivity contribution in [3.05, 3.63) is 0 Å². The van der Waals surface area contributed by atoms with Gasteiger partial charge in [0.25, 0.3) is 0 Å². The van der Waals surface area contributed by atoms with Crippen LogP contribution >= 0.6 is 0 Å². The molecule has 50 valence electrons. The molecule has 4 nitrogen and oxygen atoms in total. The molecule has 0 saturated carbocycles. The van der Waals surface area contributed by atoms with Gasteiger partial charge in [0.15, 0.2) is 0 Å². The molecule has 0 aliphatic carbocycles. The highest BCUT2D eigenvalue weighted by atomic mass is 16.8. The van der Waals surface area contributed by atoms with E-state index in [1.54, 1.807) is 12.7 Å². The first-order chi connectivity index (χ1) is 3.85. The molecular formula is C4H12N2O2. The van der Waals surface area contributed by atoms with Gasteiger partial charge in [0, 0.05) is 0 Å². The number of rotatable bonds is 4. The van der Waals surface area contributed by atoms with Crippen molar-refractivity contribution in [1.82, 2.24) is 11.0 Å². The van der Waals surface area contributed by atoms with Gasteiger partial charge < -0.3 is 0 Å². The van der Waals surface area contributed by atoms with Crippen molar-refractivity contribution in [3.8, 4) is 0 Å². The summed E-state index contributed by atoms with van der Waals surface area (Å²) in [5.74, 6) is 0. The maximum atomic E-state index is 7.99. The average molecular weight is 120 g/mol. The summed E-state index contributed by atoms with van der Waals surface area (Å²) in [6.07, 6.45) is 0.698. The standard InChI is InChI=1S/C4H12N2O2/c1-3-4(5-2)8-6-7/h4-7H,3H2,1-2H3. The van der Waals surface area contributed by atoms with Gasteiger partial charge in [-0.15, -0.1) is 0 Å². The van der Waals surface area contributed by atoms with Crippen LogP contribution < -0.4 is 11.0 Å². The van der Waals surface area contributed by atoms with E-state index in [-0.39, 0.29) is 6.23 Å². The van der Waals surface area contributed by atoms with Gasteiger partial charge in [0.1, 0.15) is 6.23 Å². The Hall–Kier alpha value is -0.160. The molecule has 0 aromatic carbocycles. The summed E-state index contributed by atoms with van der Waals surface area (Å²) >= 11 is 0. The zero-order chi connectivity index (χ0) is 6.41. The highest BCUT2D eigenvalue weighted by molar-refractivity contribution is 4.42. The van der Waals surface area contributed by atoms with Crippen LogP contribution in [0.2, 0.25) is 0 Å². The second-order valence-electron chi connectivity index (χ2n) is 1.39. The fourth-order valence-electron chi connectivity index (χ4n) is 0.410. The monoisotopic (exact) mass is 120 g/mol. The molecule has 0 aliphatic heterocycles. The molecule has 0 aromatic heterocycles. The molecule has 0 heterocycles. The maximum Gasteiger partial charge on any atom is 0.131 e. The summed E-state index contributed by atoms with van der Waals surface area (Å²) in [6.45, 7) is 1.94. The molecule has 0 radical (unpaired) electrons. The minimum absolute atomic E-state index is 0.111. The minimum atomic E-state index is -0.111. The van der Waals surface area contributed by atoms with E-state index < -0.39 is 0 Å². The van der Waals surface area contributed by atoms with Crippen molar-refractivity contribution in [3.63, 3.8) is 0 Å². The first kappa shape index (κ1) is 7.84. The molecule has 4 heteroatoms. The molecule has 0 amide bonds. The van der Waals surface area contributed by atoms with Crippen LogP contribution in [0.4, 0.5) is 0 Å². The molecule has 0 rings (SSSR count). The van der Waals surface area contributed by atoms with Gasteiger partial charge in [-0.05, 0) is 13.5 Å². The third kappa shape index (κ3) is 2.92. The molecule has 0 bridgehead atoms. The Morgan fingerprint density at radius 2 is 2.38 bits per heavy atom. The quantitative estimate of drug-likeness (QED) is 0.357. The van der Waals surface area contributed by atoms with Crippen molar-refractivity contribution >= 4 is 0 Å². The molecule has 0 spiro atoms. The van der Waals surface area contributed by atoms with Crippen molar-refractivity contribution in [1.29, 1.82) is 0 Å². The van der Waals surface area contributed by atoms with Crippen LogP contribution in [0.3, 0.4) is 0 Å². The fourth-order valence-corrected chi connectivity index (χ4v) is 0.410. The summed E-state index contributed by atoms with van der Waals surface area (Å²) in [5.41, 5.74) is 1.61. The zero-order valence-corrected chi connectivity index (χ0v) is 5.14. The Kier molecular flexibility index (Phi) is 4.89. The number of hydrogen-bond acceptors (Lipinski definition) is 4. The Morgan fingerprint density at radius 3 is 2.50 bits per heavy atom. The van der Waals surface area contributed by atoms with Gasteiger partial charge in [-0.3, -0.25) is 15.4 Å². The Balaban J connectivity index is 3.07. The highest BCUT2D eigenvalue weighted by Gasteiger charge is 1.98. The van der Waals surface area contributed by atoms with Crippen LogP contribution in [0, 0.1) is 0 Å². The summed E-state index contributed by atoms with van der Waals surface area (Å²) < 4.78 is 0. The molecule has 0 aliphatic rings. The van der Waals surface area contributed by atoms with E-state index in [2.05, 4.69) is 10.2 Å². The lowest BCUT2D eigenvalue weighted by Gasteiger charge is -2.10. The molecule has 0 saturated heterocycles. The normalized spacial score (nSPS) is 13.9. The van der Waals surface area contributed by atoms with Crippen LogP contribution in [0.25, 0.3) is 0 Å². The number of hydrogen-bond donors (Lipinski definition) is 3. The van der Waals surface area contributed by atoms with Crippen LogP contribution in [0.15, 0.2) is 0 Å². The van der Waals surface area contributed by atoms with E-state index in [1.165, 1.54) is 0 Å². The van der Waals surface area contributed by atoms with Crippen molar-refractivity contribution in [2.24, 2.45) is 0 Å². The summed E-state index contributed by atoms with van der Waals surface area (Å²) in [7, 11) is 1.76. The minimum Gasteiger partial charge on any atom is -0.293 e. The first-order valence-corrected chi connectivity index (χ1v) is 2.57. The lowest BCUT2D eigenvalue weighted by molar-refractivity contribution is -0.170. The van der Waals surface area contributed by atoms with E-state index in [9.17, 15) is 0 Å². The zero-order valence-electron chi connectivity index (χ0n) is 5.14. The van der Waals surface area contributed by atoms with E-state index in [0.717, 1.165) is 6.42 Å². The number of nitrogens with one attached hydrogen (secondary N) is 2. The molecule has 3 N–H and O–H groups in total. The van der Waals surface area contributed by atoms with E-state index >= 15 is 0 Å². The van der Waals surface area contributed by atoms with Gasteiger partial charge >= 0.3 is 0 Å². The van der Waals surface area contributed by atoms with Crippen LogP contribution in [0.5, 0.6) is 0 Å². The lowest BCUT2D eigenvalue weighted by atomic mass is 10.4. The lowest BCUT2D eigenvalue weighted by Crippen LogP contribution is -2.31. The smallest absolute Gasteiger partial charge is 0.131 e. The second-order valence-corrected chi connectivity index (χ2v) is 1.39.